The van der Waals surface area contributed by atoms with Gasteiger partial charge in [0.2, 0.25) is 5.55 Å². The maximum Gasteiger partial charge on any atom is 0.341 e. The van der Waals surface area contributed by atoms with Crippen molar-refractivity contribution in [2.45, 2.75) is 25.7 Å². The highest BCUT2D eigenvalue weighted by Gasteiger charge is 2.27. The van der Waals surface area contributed by atoms with Crippen LogP contribution in [0.15, 0.2) is 34.7 Å². The largest absolute Gasteiger partial charge is 0.465 e. The number of aryl methyl sites for hydroxylation is 1. The number of rotatable bonds is 3. The Morgan fingerprint density at radius 2 is 2.00 bits per heavy atom. The van der Waals surface area contributed by atoms with Crippen LogP contribution >= 0.6 is 11.3 Å². The van der Waals surface area contributed by atoms with Crippen molar-refractivity contribution in [1.29, 1.82) is 5.41 Å². The summed E-state index contributed by atoms with van der Waals surface area (Å²) < 4.78 is 10.4. The monoisotopic (exact) mass is 382 g/mol. The molecule has 1 aromatic carbocycles. The first kappa shape index (κ1) is 17.5. The van der Waals surface area contributed by atoms with E-state index in [0.29, 0.717) is 16.1 Å². The molecule has 0 atom stereocenters. The van der Waals surface area contributed by atoms with E-state index in [4.69, 9.17) is 14.6 Å². The molecule has 27 heavy (non-hydrogen) atoms. The van der Waals surface area contributed by atoms with Crippen molar-refractivity contribution in [2.75, 3.05) is 12.4 Å². The molecule has 0 spiro atoms. The second-order valence-electron chi connectivity index (χ2n) is 6.39. The molecular formula is C20H18N2O4S. The summed E-state index contributed by atoms with van der Waals surface area (Å²) in [7, 11) is 1.34. The van der Waals surface area contributed by atoms with Crippen molar-refractivity contribution >= 4 is 39.2 Å². The van der Waals surface area contributed by atoms with E-state index < -0.39 is 11.9 Å². The van der Waals surface area contributed by atoms with E-state index >= 15 is 0 Å². The Balaban J connectivity index is 1.73. The van der Waals surface area contributed by atoms with Crippen LogP contribution in [0, 0.1) is 5.41 Å². The van der Waals surface area contributed by atoms with Gasteiger partial charge in [-0.1, -0.05) is 18.2 Å². The number of nitrogens with one attached hydrogen (secondary N) is 2. The molecule has 1 aliphatic carbocycles. The van der Waals surface area contributed by atoms with E-state index in [1.807, 2.05) is 18.2 Å². The quantitative estimate of drug-likeness (QED) is 0.672. The predicted octanol–water partition coefficient (Wildman–Crippen LogP) is 3.89. The van der Waals surface area contributed by atoms with Crippen LogP contribution in [0.2, 0.25) is 0 Å². The van der Waals surface area contributed by atoms with E-state index in [1.54, 1.807) is 12.1 Å². The average molecular weight is 382 g/mol. The molecule has 4 rings (SSSR count). The molecule has 1 amide bonds. The third-order valence-corrected chi connectivity index (χ3v) is 5.92. The molecule has 0 bridgehead atoms. The summed E-state index contributed by atoms with van der Waals surface area (Å²) in [6.45, 7) is 0. The molecule has 138 valence electrons. The van der Waals surface area contributed by atoms with Gasteiger partial charge in [-0.05, 0) is 43.4 Å². The number of esters is 1. The van der Waals surface area contributed by atoms with Crippen molar-refractivity contribution in [3.8, 4) is 0 Å². The number of carbonyl (C=O) groups is 2. The lowest BCUT2D eigenvalue weighted by atomic mass is 9.95. The van der Waals surface area contributed by atoms with Crippen LogP contribution in [-0.2, 0) is 17.6 Å². The van der Waals surface area contributed by atoms with Crippen LogP contribution in [0.4, 0.5) is 5.00 Å². The molecule has 0 saturated carbocycles. The molecule has 0 radical (unpaired) electrons. The number of anilines is 1. The Labute approximate surface area is 159 Å². The highest BCUT2D eigenvalue weighted by molar-refractivity contribution is 7.17. The number of fused-ring (bicyclic) bond motifs is 2. The van der Waals surface area contributed by atoms with Gasteiger partial charge in [0.05, 0.1) is 12.7 Å². The van der Waals surface area contributed by atoms with Crippen molar-refractivity contribution in [1.82, 2.24) is 0 Å². The third kappa shape index (κ3) is 3.14. The summed E-state index contributed by atoms with van der Waals surface area (Å²) >= 11 is 1.41. The molecule has 0 fully saturated rings. The van der Waals surface area contributed by atoms with Gasteiger partial charge in [-0.15, -0.1) is 11.3 Å². The van der Waals surface area contributed by atoms with Gasteiger partial charge in [0.15, 0.2) is 0 Å². The summed E-state index contributed by atoms with van der Waals surface area (Å²) in [6, 6.07) is 8.84. The highest BCUT2D eigenvalue weighted by atomic mass is 32.1. The molecule has 6 nitrogen and oxygen atoms in total. The molecule has 1 aliphatic rings. The van der Waals surface area contributed by atoms with E-state index in [0.717, 1.165) is 41.5 Å². The molecule has 2 heterocycles. The summed E-state index contributed by atoms with van der Waals surface area (Å²) in [5, 5.41) is 12.1. The van der Waals surface area contributed by atoms with Crippen molar-refractivity contribution in [2.24, 2.45) is 0 Å². The highest BCUT2D eigenvalue weighted by Crippen LogP contribution is 2.38. The van der Waals surface area contributed by atoms with Gasteiger partial charge in [0, 0.05) is 10.3 Å². The van der Waals surface area contributed by atoms with Gasteiger partial charge in [-0.25, -0.2) is 4.79 Å². The third-order valence-electron chi connectivity index (χ3n) is 4.71. The zero-order valence-electron chi connectivity index (χ0n) is 14.8. The first-order valence-electron chi connectivity index (χ1n) is 8.70. The number of para-hydroxylation sites is 1. The number of amides is 1. The zero-order chi connectivity index (χ0) is 19.0. The van der Waals surface area contributed by atoms with E-state index in [1.165, 1.54) is 18.4 Å². The number of thiophene rings is 1. The maximum absolute atomic E-state index is 12.8. The minimum absolute atomic E-state index is 0.121. The van der Waals surface area contributed by atoms with Crippen molar-refractivity contribution in [3.05, 3.63) is 57.5 Å². The summed E-state index contributed by atoms with van der Waals surface area (Å²) in [4.78, 5) is 26.2. The van der Waals surface area contributed by atoms with Crippen LogP contribution in [0.1, 0.15) is 44.0 Å². The van der Waals surface area contributed by atoms with Crippen LogP contribution in [0.5, 0.6) is 0 Å². The van der Waals surface area contributed by atoms with E-state index in [9.17, 15) is 9.59 Å². The minimum atomic E-state index is -0.474. The maximum atomic E-state index is 12.8. The predicted molar refractivity (Wildman–Crippen MR) is 102 cm³/mol. The van der Waals surface area contributed by atoms with Crippen LogP contribution in [0.3, 0.4) is 0 Å². The fourth-order valence-corrected chi connectivity index (χ4v) is 4.66. The summed E-state index contributed by atoms with van der Waals surface area (Å²) in [5.74, 6) is -0.919. The lowest BCUT2D eigenvalue weighted by Crippen LogP contribution is -2.21. The lowest BCUT2D eigenvalue weighted by molar-refractivity contribution is 0.0601. The Kier molecular flexibility index (Phi) is 4.53. The van der Waals surface area contributed by atoms with Gasteiger partial charge < -0.3 is 14.5 Å². The zero-order valence-corrected chi connectivity index (χ0v) is 15.6. The van der Waals surface area contributed by atoms with Gasteiger partial charge in [0.1, 0.15) is 16.1 Å². The fraction of sp³-hybridized carbons (Fsp3) is 0.250. The first-order chi connectivity index (χ1) is 13.1. The van der Waals surface area contributed by atoms with Crippen molar-refractivity contribution < 1.29 is 18.7 Å². The van der Waals surface area contributed by atoms with Crippen LogP contribution in [-0.4, -0.2) is 19.0 Å². The molecule has 2 N–H and O–H groups in total. The number of ether oxygens (including phenoxy) is 1. The SMILES string of the molecule is COC(=O)c1c(NC(=O)c2cc3ccccc3oc2=N)sc2c1CCCC2. The molecule has 2 aromatic heterocycles. The Morgan fingerprint density at radius 3 is 2.81 bits per heavy atom. The topological polar surface area (TPSA) is 92.4 Å². The summed E-state index contributed by atoms with van der Waals surface area (Å²) in [6.07, 6.45) is 3.79. The fourth-order valence-electron chi connectivity index (χ4n) is 3.39. The molecule has 3 aromatic rings. The summed E-state index contributed by atoms with van der Waals surface area (Å²) in [5.41, 5.74) is 1.86. The average Bonchev–Trinajstić information content (AvgIpc) is 3.04. The number of carbonyl (C=O) groups excluding carboxylic acids is 2. The minimum Gasteiger partial charge on any atom is -0.465 e. The van der Waals surface area contributed by atoms with Gasteiger partial charge in [-0.2, -0.15) is 0 Å². The molecular weight excluding hydrogens is 364 g/mol. The molecule has 7 heteroatoms. The second kappa shape index (κ2) is 7.00. The normalized spacial score (nSPS) is 13.2. The number of hydrogen-bond donors (Lipinski definition) is 2. The van der Waals surface area contributed by atoms with Crippen LogP contribution in [0.25, 0.3) is 11.0 Å². The van der Waals surface area contributed by atoms with Crippen molar-refractivity contribution in [3.63, 3.8) is 0 Å². The molecule has 0 aliphatic heterocycles. The Bertz CT molecular complexity index is 1110. The Hall–Kier alpha value is -2.93. The molecule has 0 saturated heterocycles. The number of methoxy groups -OCH3 is 1. The lowest BCUT2D eigenvalue weighted by Gasteiger charge is -2.11. The Morgan fingerprint density at radius 1 is 1.22 bits per heavy atom. The van der Waals surface area contributed by atoms with Gasteiger partial charge in [-0.3, -0.25) is 10.2 Å². The van der Waals surface area contributed by atoms with E-state index in [-0.39, 0.29) is 11.1 Å². The van der Waals surface area contributed by atoms with Crippen LogP contribution < -0.4 is 10.9 Å². The first-order valence-corrected chi connectivity index (χ1v) is 9.52. The number of benzene rings is 1. The van der Waals surface area contributed by atoms with Gasteiger partial charge >= 0.3 is 5.97 Å². The number of hydrogen-bond acceptors (Lipinski definition) is 6. The smallest absolute Gasteiger partial charge is 0.341 e. The standard InChI is InChI=1S/C20H18N2O4S/c1-25-20(24)16-12-7-3-5-9-15(12)27-19(16)22-18(23)13-10-11-6-2-4-8-14(11)26-17(13)21/h2,4,6,8,10,21H,3,5,7,9H2,1H3,(H,22,23). The van der Waals surface area contributed by atoms with Gasteiger partial charge in [0.25, 0.3) is 5.91 Å². The van der Waals surface area contributed by atoms with E-state index in [2.05, 4.69) is 5.32 Å². The second-order valence-corrected chi connectivity index (χ2v) is 7.49. The molecule has 0 unspecified atom stereocenters.